The number of carbonyl (C=O) groups is 2. The number of aryl methyl sites for hydroxylation is 1. The lowest BCUT2D eigenvalue weighted by atomic mass is 9.95. The first-order valence-electron chi connectivity index (χ1n) is 10.8. The number of benzene rings is 2. The lowest BCUT2D eigenvalue weighted by Gasteiger charge is -2.30. The molecule has 2 aromatic carbocycles. The SMILES string of the molecule is CC(C)(C)CN(Cc1cccc(C(=O)OC(C)(C)C)c1)C(=O)CCc1ccc(O)cc1F. The third kappa shape index (κ3) is 8.33. The van der Waals surface area contributed by atoms with Crippen LogP contribution in [0.25, 0.3) is 0 Å². The van der Waals surface area contributed by atoms with Gasteiger partial charge in [-0.3, -0.25) is 4.79 Å². The highest BCUT2D eigenvalue weighted by molar-refractivity contribution is 5.89. The summed E-state index contributed by atoms with van der Waals surface area (Å²) < 4.78 is 19.5. The number of carbonyl (C=O) groups excluding carboxylic acids is 2. The molecule has 0 saturated carbocycles. The second-order valence-electron chi connectivity index (χ2n) is 10.3. The van der Waals surface area contributed by atoms with Gasteiger partial charge in [-0.2, -0.15) is 0 Å². The van der Waals surface area contributed by atoms with Crippen LogP contribution in [0.2, 0.25) is 0 Å². The third-order valence-electron chi connectivity index (χ3n) is 4.60. The molecule has 0 radical (unpaired) electrons. The Kier molecular flexibility index (Phi) is 8.05. The van der Waals surface area contributed by atoms with Gasteiger partial charge < -0.3 is 14.7 Å². The zero-order chi connectivity index (χ0) is 24.1. The summed E-state index contributed by atoms with van der Waals surface area (Å²) in [6, 6.07) is 11.1. The van der Waals surface area contributed by atoms with Crippen LogP contribution < -0.4 is 0 Å². The number of ether oxygens (including phenoxy) is 1. The molecular formula is C26H34FNO4. The summed E-state index contributed by atoms with van der Waals surface area (Å²) in [7, 11) is 0. The summed E-state index contributed by atoms with van der Waals surface area (Å²) >= 11 is 0. The van der Waals surface area contributed by atoms with Crippen LogP contribution in [0, 0.1) is 11.2 Å². The fourth-order valence-corrected chi connectivity index (χ4v) is 3.30. The smallest absolute Gasteiger partial charge is 0.338 e. The van der Waals surface area contributed by atoms with Crippen molar-refractivity contribution in [3.05, 3.63) is 65.0 Å². The van der Waals surface area contributed by atoms with Crippen molar-refractivity contribution < 1.29 is 23.8 Å². The molecule has 0 spiro atoms. The Morgan fingerprint density at radius 1 is 1.03 bits per heavy atom. The summed E-state index contributed by atoms with van der Waals surface area (Å²) in [4.78, 5) is 27.2. The molecule has 1 N–H and O–H groups in total. The highest BCUT2D eigenvalue weighted by atomic mass is 19.1. The van der Waals surface area contributed by atoms with Crippen molar-refractivity contribution in [1.29, 1.82) is 0 Å². The van der Waals surface area contributed by atoms with E-state index in [1.807, 2.05) is 47.6 Å². The number of rotatable bonds is 7. The molecule has 2 aromatic rings. The molecule has 0 aliphatic rings. The minimum absolute atomic E-state index is 0.102. The molecule has 0 unspecified atom stereocenters. The van der Waals surface area contributed by atoms with Crippen molar-refractivity contribution >= 4 is 11.9 Å². The van der Waals surface area contributed by atoms with E-state index in [0.29, 0.717) is 24.2 Å². The van der Waals surface area contributed by atoms with Crippen LogP contribution in [0.15, 0.2) is 42.5 Å². The highest BCUT2D eigenvalue weighted by Gasteiger charge is 2.23. The molecule has 0 aliphatic carbocycles. The maximum Gasteiger partial charge on any atom is 0.338 e. The average molecular weight is 444 g/mol. The Morgan fingerprint density at radius 2 is 1.72 bits per heavy atom. The zero-order valence-corrected chi connectivity index (χ0v) is 19.9. The van der Waals surface area contributed by atoms with Crippen molar-refractivity contribution in [2.24, 2.45) is 5.41 Å². The van der Waals surface area contributed by atoms with Crippen LogP contribution in [-0.2, 0) is 22.5 Å². The van der Waals surface area contributed by atoms with E-state index in [4.69, 9.17) is 4.74 Å². The van der Waals surface area contributed by atoms with Crippen molar-refractivity contribution in [2.45, 2.75) is 66.5 Å². The molecular weight excluding hydrogens is 409 g/mol. The monoisotopic (exact) mass is 443 g/mol. The number of amides is 1. The Hall–Kier alpha value is -2.89. The number of halogens is 1. The van der Waals surface area contributed by atoms with Gasteiger partial charge in [-0.05, 0) is 61.9 Å². The molecule has 0 fully saturated rings. The summed E-state index contributed by atoms with van der Waals surface area (Å²) in [5.74, 6) is -1.17. The van der Waals surface area contributed by atoms with E-state index < -0.39 is 17.4 Å². The maximum atomic E-state index is 14.0. The third-order valence-corrected chi connectivity index (χ3v) is 4.60. The van der Waals surface area contributed by atoms with Crippen LogP contribution in [0.3, 0.4) is 0 Å². The average Bonchev–Trinajstić information content (AvgIpc) is 2.64. The maximum absolute atomic E-state index is 14.0. The Bertz CT molecular complexity index is 957. The normalized spacial score (nSPS) is 11.8. The molecule has 0 heterocycles. The van der Waals surface area contributed by atoms with Crippen LogP contribution in [0.4, 0.5) is 4.39 Å². The van der Waals surface area contributed by atoms with Gasteiger partial charge in [0.05, 0.1) is 5.56 Å². The molecule has 2 rings (SSSR count). The predicted molar refractivity (Wildman–Crippen MR) is 123 cm³/mol. The Morgan fingerprint density at radius 3 is 2.31 bits per heavy atom. The van der Waals surface area contributed by atoms with E-state index in [0.717, 1.165) is 11.6 Å². The van der Waals surface area contributed by atoms with Gasteiger partial charge >= 0.3 is 5.97 Å². The number of aromatic hydroxyl groups is 1. The van der Waals surface area contributed by atoms with E-state index in [1.165, 1.54) is 12.1 Å². The molecule has 0 saturated heterocycles. The zero-order valence-electron chi connectivity index (χ0n) is 19.9. The number of nitrogens with zero attached hydrogens (tertiary/aromatic N) is 1. The molecule has 0 bridgehead atoms. The largest absolute Gasteiger partial charge is 0.508 e. The van der Waals surface area contributed by atoms with Gasteiger partial charge in [0, 0.05) is 25.6 Å². The van der Waals surface area contributed by atoms with Crippen LogP contribution >= 0.6 is 0 Å². The van der Waals surface area contributed by atoms with E-state index >= 15 is 0 Å². The van der Waals surface area contributed by atoms with Crippen LogP contribution in [-0.4, -0.2) is 34.0 Å². The van der Waals surface area contributed by atoms with E-state index in [9.17, 15) is 19.1 Å². The second-order valence-corrected chi connectivity index (χ2v) is 10.3. The lowest BCUT2D eigenvalue weighted by molar-refractivity contribution is -0.133. The molecule has 174 valence electrons. The Balaban J connectivity index is 2.16. The lowest BCUT2D eigenvalue weighted by Crippen LogP contribution is -2.37. The summed E-state index contributed by atoms with van der Waals surface area (Å²) in [5.41, 5.74) is 0.917. The molecule has 32 heavy (non-hydrogen) atoms. The van der Waals surface area contributed by atoms with Gasteiger partial charge in [-0.25, -0.2) is 9.18 Å². The molecule has 0 aromatic heterocycles. The van der Waals surface area contributed by atoms with Crippen LogP contribution in [0.1, 0.15) is 69.4 Å². The molecule has 0 atom stereocenters. The van der Waals surface area contributed by atoms with Gasteiger partial charge in [0.2, 0.25) is 5.91 Å². The first-order valence-corrected chi connectivity index (χ1v) is 10.8. The van der Waals surface area contributed by atoms with Gasteiger partial charge in [-0.15, -0.1) is 0 Å². The van der Waals surface area contributed by atoms with Crippen molar-refractivity contribution in [2.75, 3.05) is 6.54 Å². The fraction of sp³-hybridized carbons (Fsp3) is 0.462. The fourth-order valence-electron chi connectivity index (χ4n) is 3.30. The summed E-state index contributed by atoms with van der Waals surface area (Å²) in [6.45, 7) is 12.4. The minimum Gasteiger partial charge on any atom is -0.508 e. The minimum atomic E-state index is -0.592. The Labute approximate surface area is 190 Å². The van der Waals surface area contributed by atoms with Crippen molar-refractivity contribution in [1.82, 2.24) is 4.90 Å². The van der Waals surface area contributed by atoms with E-state index in [1.54, 1.807) is 23.1 Å². The molecule has 5 nitrogen and oxygen atoms in total. The number of phenols is 1. The number of phenolic OH excluding ortho intramolecular Hbond substituents is 1. The summed E-state index contributed by atoms with van der Waals surface area (Å²) in [6.07, 6.45) is 0.382. The quantitative estimate of drug-likeness (QED) is 0.574. The van der Waals surface area contributed by atoms with Gasteiger partial charge in [-0.1, -0.05) is 39.0 Å². The van der Waals surface area contributed by atoms with E-state index in [-0.39, 0.29) is 29.9 Å². The predicted octanol–water partition coefficient (Wildman–Crippen LogP) is 5.49. The first kappa shape index (κ1) is 25.4. The molecule has 1 amide bonds. The molecule has 0 aliphatic heterocycles. The number of hydrogen-bond acceptors (Lipinski definition) is 4. The standard InChI is InChI=1S/C26H34FNO4/c1-25(2,3)17-28(23(30)13-11-19-10-12-21(29)15-22(19)27)16-18-8-7-9-20(14-18)24(31)32-26(4,5)6/h7-10,12,14-15,29H,11,13,16-17H2,1-6H3. The van der Waals surface area contributed by atoms with E-state index in [2.05, 4.69) is 0 Å². The topological polar surface area (TPSA) is 66.8 Å². The first-order chi connectivity index (χ1) is 14.7. The summed E-state index contributed by atoms with van der Waals surface area (Å²) in [5, 5.41) is 9.37. The highest BCUT2D eigenvalue weighted by Crippen LogP contribution is 2.21. The van der Waals surface area contributed by atoms with Gasteiger partial charge in [0.1, 0.15) is 17.2 Å². The van der Waals surface area contributed by atoms with Crippen LogP contribution in [0.5, 0.6) is 5.75 Å². The van der Waals surface area contributed by atoms with Gasteiger partial charge in [0.25, 0.3) is 0 Å². The molecule has 6 heteroatoms. The number of hydrogen-bond donors (Lipinski definition) is 1. The van der Waals surface area contributed by atoms with Crippen molar-refractivity contribution in [3.8, 4) is 5.75 Å². The van der Waals surface area contributed by atoms with Crippen molar-refractivity contribution in [3.63, 3.8) is 0 Å². The second kappa shape index (κ2) is 10.2. The number of esters is 1. The van der Waals surface area contributed by atoms with Gasteiger partial charge in [0.15, 0.2) is 0 Å².